The fourth-order valence-electron chi connectivity index (χ4n) is 2.44. The second kappa shape index (κ2) is 8.54. The Bertz CT molecular complexity index is 883. The monoisotopic (exact) mass is 378 g/mol. The van der Waals surface area contributed by atoms with Gasteiger partial charge in [0.05, 0.1) is 4.92 Å². The van der Waals surface area contributed by atoms with Crippen molar-refractivity contribution in [3.05, 3.63) is 70.3 Å². The molecule has 0 unspecified atom stereocenters. The summed E-state index contributed by atoms with van der Waals surface area (Å²) < 4.78 is 27.1. The second-order valence-corrected chi connectivity index (χ2v) is 7.45. The van der Waals surface area contributed by atoms with E-state index in [1.807, 2.05) is 0 Å². The van der Waals surface area contributed by atoms with Gasteiger partial charge in [-0.05, 0) is 18.1 Å². The van der Waals surface area contributed by atoms with Gasteiger partial charge in [0.25, 0.3) is 5.69 Å². The first-order valence-electron chi connectivity index (χ1n) is 7.81. The molecule has 9 heteroatoms. The smallest absolute Gasteiger partial charge is 0.303 e. The van der Waals surface area contributed by atoms with Crippen LogP contribution in [0.4, 0.5) is 5.69 Å². The largest absolute Gasteiger partial charge is 0.481 e. The van der Waals surface area contributed by atoms with Crippen molar-refractivity contribution in [3.63, 3.8) is 0 Å². The van der Waals surface area contributed by atoms with E-state index in [4.69, 9.17) is 5.11 Å². The Hall–Kier alpha value is -2.78. The average Bonchev–Trinajstić information content (AvgIpc) is 2.61. The van der Waals surface area contributed by atoms with E-state index in [1.54, 1.807) is 30.3 Å². The molecule has 0 radical (unpaired) electrons. The van der Waals surface area contributed by atoms with Crippen molar-refractivity contribution >= 4 is 21.7 Å². The van der Waals surface area contributed by atoms with Crippen LogP contribution < -0.4 is 0 Å². The summed E-state index contributed by atoms with van der Waals surface area (Å²) in [7, 11) is -4.17. The first-order valence-corrected chi connectivity index (χ1v) is 9.25. The highest BCUT2D eigenvalue weighted by Crippen LogP contribution is 2.27. The number of nitro groups is 1. The molecule has 1 N–H and O–H groups in total. The van der Waals surface area contributed by atoms with Crippen molar-refractivity contribution < 1.29 is 23.2 Å². The first kappa shape index (κ1) is 19.5. The number of carbonyl (C=O) groups is 1. The molecule has 0 saturated heterocycles. The molecular formula is C17H18N2O6S. The van der Waals surface area contributed by atoms with E-state index in [2.05, 4.69) is 0 Å². The summed E-state index contributed by atoms with van der Waals surface area (Å²) in [6.07, 6.45) is -0.0975. The number of sulfonamides is 1. The highest BCUT2D eigenvalue weighted by atomic mass is 32.2. The molecule has 0 amide bonds. The van der Waals surface area contributed by atoms with Gasteiger partial charge >= 0.3 is 5.97 Å². The van der Waals surface area contributed by atoms with Crippen LogP contribution in [-0.2, 0) is 21.4 Å². The van der Waals surface area contributed by atoms with E-state index in [9.17, 15) is 23.3 Å². The minimum absolute atomic E-state index is 0.00512. The average molecular weight is 378 g/mol. The molecule has 2 aromatic carbocycles. The summed E-state index contributed by atoms with van der Waals surface area (Å²) in [6.45, 7) is -0.0651. The molecule has 0 fully saturated rings. The summed E-state index contributed by atoms with van der Waals surface area (Å²) >= 11 is 0. The standard InChI is InChI=1S/C17H18N2O6S/c20-17(21)11-6-12-18(13-14-7-2-1-3-8-14)26(24,25)16-10-5-4-9-15(16)19(22)23/h1-5,7-10H,6,11-13H2,(H,20,21). The van der Waals surface area contributed by atoms with E-state index in [0.29, 0.717) is 5.56 Å². The molecule has 0 bridgehead atoms. The van der Waals surface area contributed by atoms with Gasteiger partial charge in [-0.3, -0.25) is 14.9 Å². The Morgan fingerprint density at radius 1 is 1.08 bits per heavy atom. The lowest BCUT2D eigenvalue weighted by atomic mass is 10.2. The molecule has 26 heavy (non-hydrogen) atoms. The summed E-state index contributed by atoms with van der Waals surface area (Å²) in [4.78, 5) is 20.8. The van der Waals surface area contributed by atoms with Gasteiger partial charge in [0, 0.05) is 25.6 Å². The Balaban J connectivity index is 2.39. The van der Waals surface area contributed by atoms with Crippen molar-refractivity contribution in [1.29, 1.82) is 0 Å². The van der Waals surface area contributed by atoms with Crippen LogP contribution in [0.15, 0.2) is 59.5 Å². The fourth-order valence-corrected chi connectivity index (χ4v) is 4.07. The third-order valence-corrected chi connectivity index (χ3v) is 5.57. The van der Waals surface area contributed by atoms with Crippen LogP contribution in [0.2, 0.25) is 0 Å². The Morgan fingerprint density at radius 3 is 2.31 bits per heavy atom. The third kappa shape index (κ3) is 4.87. The fraction of sp³-hybridized carbons (Fsp3) is 0.235. The van der Waals surface area contributed by atoms with Crippen LogP contribution in [0, 0.1) is 10.1 Å². The van der Waals surface area contributed by atoms with Crippen LogP contribution in [0.3, 0.4) is 0 Å². The molecular weight excluding hydrogens is 360 g/mol. The maximum Gasteiger partial charge on any atom is 0.303 e. The lowest BCUT2D eigenvalue weighted by molar-refractivity contribution is -0.387. The number of rotatable bonds is 9. The lowest BCUT2D eigenvalue weighted by Gasteiger charge is -2.22. The summed E-state index contributed by atoms with van der Waals surface area (Å²) in [5, 5.41) is 20.0. The molecule has 0 spiro atoms. The predicted molar refractivity (Wildman–Crippen MR) is 94.0 cm³/mol. The van der Waals surface area contributed by atoms with Gasteiger partial charge < -0.3 is 5.11 Å². The summed E-state index contributed by atoms with van der Waals surface area (Å²) in [6, 6.07) is 13.9. The maximum atomic E-state index is 13.0. The van der Waals surface area contributed by atoms with Gasteiger partial charge in [-0.1, -0.05) is 42.5 Å². The van der Waals surface area contributed by atoms with E-state index in [-0.39, 0.29) is 25.9 Å². The number of para-hydroxylation sites is 1. The SMILES string of the molecule is O=C(O)CCCN(Cc1ccccc1)S(=O)(=O)c1ccccc1[N+](=O)[O-]. The van der Waals surface area contributed by atoms with Crippen LogP contribution in [0.5, 0.6) is 0 Å². The minimum Gasteiger partial charge on any atom is -0.481 e. The number of nitrogens with zero attached hydrogens (tertiary/aromatic N) is 2. The predicted octanol–water partition coefficient (Wildman–Crippen LogP) is 2.65. The number of carboxylic acid groups (broad SMARTS) is 1. The van der Waals surface area contributed by atoms with Gasteiger partial charge in [-0.15, -0.1) is 0 Å². The molecule has 8 nitrogen and oxygen atoms in total. The highest BCUT2D eigenvalue weighted by molar-refractivity contribution is 7.89. The Labute approximate surface area is 150 Å². The summed E-state index contributed by atoms with van der Waals surface area (Å²) in [5.74, 6) is -1.03. The van der Waals surface area contributed by atoms with Crippen molar-refractivity contribution in [3.8, 4) is 0 Å². The molecule has 0 atom stereocenters. The van der Waals surface area contributed by atoms with Crippen molar-refractivity contribution in [2.75, 3.05) is 6.54 Å². The van der Waals surface area contributed by atoms with Crippen LogP contribution >= 0.6 is 0 Å². The normalized spacial score (nSPS) is 11.4. The Kier molecular flexibility index (Phi) is 6.42. The topological polar surface area (TPSA) is 118 Å². The maximum absolute atomic E-state index is 13.0. The van der Waals surface area contributed by atoms with Gasteiger partial charge in [-0.2, -0.15) is 4.31 Å². The molecule has 0 aromatic heterocycles. The molecule has 0 aliphatic heterocycles. The highest BCUT2D eigenvalue weighted by Gasteiger charge is 2.31. The molecule has 0 saturated carbocycles. The number of aliphatic carboxylic acids is 1. The Morgan fingerprint density at radius 2 is 1.69 bits per heavy atom. The zero-order chi connectivity index (χ0) is 19.2. The van der Waals surface area contributed by atoms with Gasteiger partial charge in [0.15, 0.2) is 4.90 Å². The van der Waals surface area contributed by atoms with E-state index in [1.165, 1.54) is 18.2 Å². The zero-order valence-electron chi connectivity index (χ0n) is 13.8. The van der Waals surface area contributed by atoms with Crippen LogP contribution in [0.25, 0.3) is 0 Å². The molecule has 2 aromatic rings. The molecule has 0 heterocycles. The number of hydrogen-bond acceptors (Lipinski definition) is 5. The van der Waals surface area contributed by atoms with Gasteiger partial charge in [0.2, 0.25) is 10.0 Å². The molecule has 2 rings (SSSR count). The lowest BCUT2D eigenvalue weighted by Crippen LogP contribution is -2.32. The zero-order valence-corrected chi connectivity index (χ0v) is 14.6. The number of carboxylic acids is 1. The number of benzene rings is 2. The van der Waals surface area contributed by atoms with E-state index in [0.717, 1.165) is 10.4 Å². The van der Waals surface area contributed by atoms with E-state index >= 15 is 0 Å². The molecule has 138 valence electrons. The number of nitro benzene ring substituents is 1. The first-order chi connectivity index (χ1) is 12.3. The minimum atomic E-state index is -4.17. The van der Waals surface area contributed by atoms with Gasteiger partial charge in [-0.25, -0.2) is 8.42 Å². The van der Waals surface area contributed by atoms with Crippen molar-refractivity contribution in [1.82, 2.24) is 4.31 Å². The molecule has 0 aliphatic carbocycles. The van der Waals surface area contributed by atoms with Gasteiger partial charge in [0.1, 0.15) is 0 Å². The van der Waals surface area contributed by atoms with Crippen LogP contribution in [0.1, 0.15) is 18.4 Å². The van der Waals surface area contributed by atoms with Crippen LogP contribution in [-0.4, -0.2) is 35.3 Å². The van der Waals surface area contributed by atoms with Crippen molar-refractivity contribution in [2.45, 2.75) is 24.3 Å². The van der Waals surface area contributed by atoms with Crippen molar-refractivity contribution in [2.24, 2.45) is 0 Å². The quantitative estimate of drug-likeness (QED) is 0.529. The summed E-state index contributed by atoms with van der Waals surface area (Å²) in [5.41, 5.74) is 0.189. The molecule has 0 aliphatic rings. The van der Waals surface area contributed by atoms with E-state index < -0.39 is 31.5 Å². The second-order valence-electron chi connectivity index (χ2n) is 5.55. The number of hydrogen-bond donors (Lipinski definition) is 1. The third-order valence-electron chi connectivity index (χ3n) is 3.68.